The monoisotopic (exact) mass is 2100 g/mol. The molecule has 0 radical (unpaired) electrons. The van der Waals surface area contributed by atoms with E-state index in [0.29, 0.717) is 84.0 Å². The Balaban J connectivity index is 0.000000109. The second-order valence-electron chi connectivity index (χ2n) is 35.7. The quantitative estimate of drug-likeness (QED) is 0.0269. The zero-order valence-corrected chi connectivity index (χ0v) is 86.8. The van der Waals surface area contributed by atoms with Gasteiger partial charge in [-0.25, -0.2) is 49.0 Å². The predicted octanol–water partition coefficient (Wildman–Crippen LogP) is 20.1. The Kier molecular flexibility index (Phi) is 31.7. The second-order valence-corrected chi connectivity index (χ2v) is 41.9. The number of nitriles is 1. The first-order valence-electron chi connectivity index (χ1n) is 48.3. The maximum atomic E-state index is 12.6. The number of nitrogens with one attached hydrogen (secondary N) is 9. The number of rotatable bonds is 23. The van der Waals surface area contributed by atoms with Crippen LogP contribution in [0.25, 0.3) is 50.9 Å². The van der Waals surface area contributed by atoms with E-state index in [1.165, 1.54) is 49.2 Å². The number of aromatic amines is 9. The number of aromatic nitrogens is 19. The van der Waals surface area contributed by atoms with Crippen LogP contribution in [-0.4, -0.2) is 154 Å². The number of hydrogen-bond acceptors (Lipinski definition) is 23. The van der Waals surface area contributed by atoms with Gasteiger partial charge in [0.2, 0.25) is 17.8 Å². The number of fused-ring (bicyclic) bond motifs is 6. The first kappa shape index (κ1) is 101. The van der Waals surface area contributed by atoms with E-state index < -0.39 is 0 Å². The number of aryl methyl sites for hydroxylation is 2. The maximum absolute atomic E-state index is 12.6. The minimum Gasteiger partial charge on any atom is -0.487 e. The Hall–Kier alpha value is -16.5. The number of imidazole rings is 3. The SMILES string of the molecule is CN1CCN(Cc2ccc(SCc3cc(=O)n(-c4nc5ccccc5[nH]4)[nH]3)cc2)CC1.Cc1c(CSc2ccccc2)[nH]n(C2=Nc3ccccc3C2)c1=O.Cc1ccc(SCc2cc(=O)n(-c3nc4ccccc4[nH]3)[nH]2)cc1.Cc1csc(SCc2cc(=O)n(-c3nc4ccccc4[nH]3)[nH]2)n1.N#Cc1cccc(SCc2cc(=O)n(C3=Nc4ccccc4C3)[nH]2)c1.O=c1cc(COc2ccccc2)[nH]n1C1=Nc2ccccc2C1. The maximum Gasteiger partial charge on any atom is 0.275 e. The fourth-order valence-corrected chi connectivity index (χ4v) is 22.0. The molecule has 21 aromatic rings. The lowest BCUT2D eigenvalue weighted by Gasteiger charge is -2.32. The van der Waals surface area contributed by atoms with E-state index in [2.05, 4.69) is 177 Å². The lowest BCUT2D eigenvalue weighted by molar-refractivity contribution is 0.148. The average molecular weight is 2100 g/mol. The summed E-state index contributed by atoms with van der Waals surface area (Å²) in [5.41, 5.74) is 20.9. The van der Waals surface area contributed by atoms with Gasteiger partial charge >= 0.3 is 0 Å². The summed E-state index contributed by atoms with van der Waals surface area (Å²) in [5.74, 6) is 7.89. The first-order chi connectivity index (χ1) is 73.2. The Labute approximate surface area is 884 Å². The number of nitrogens with zero attached hydrogens (tertiary/aromatic N) is 16. The molecule has 1 saturated heterocycles. The molecule has 0 saturated carbocycles. The third kappa shape index (κ3) is 25.1. The summed E-state index contributed by atoms with van der Waals surface area (Å²) in [5, 5.41) is 29.9. The Morgan fingerprint density at radius 1 is 0.373 bits per heavy atom. The third-order valence-electron chi connectivity index (χ3n) is 24.7. The van der Waals surface area contributed by atoms with Crippen molar-refractivity contribution in [1.82, 2.24) is 103 Å². The predicted molar refractivity (Wildman–Crippen MR) is 599 cm³/mol. The highest BCUT2D eigenvalue weighted by Crippen LogP contribution is 2.34. The molecule has 0 unspecified atom stereocenters. The van der Waals surface area contributed by atoms with Gasteiger partial charge in [0, 0.05) is 170 Å². The van der Waals surface area contributed by atoms with Crippen LogP contribution in [0.2, 0.25) is 0 Å². The van der Waals surface area contributed by atoms with Crippen molar-refractivity contribution in [2.45, 2.75) is 106 Å². The van der Waals surface area contributed by atoms with Gasteiger partial charge < -0.3 is 24.6 Å². The standard InChI is InChI=1S/C23H26N6OS.C19H14N4OS.C19H17N3OS.C18H16N4OS.C18H15N3O2.C15H13N5OS2/c1-27-10-12-28(13-11-27)15-17-6-8-19(9-7-17)31-16-18-14-22(30)29(26-18)23-24-20-4-2-3-5-21(20)25-23;20-11-13-4-3-6-16(8-13)25-12-15-10-19(24)23(22-15)18-9-14-5-1-2-7-17(14)21-18;1-13-17(12-24-15-8-3-2-4-9-15)21-22(19(13)23)18-11-14-7-5-6-10-16(14)20-18;1-12-6-8-14(9-7-12)24-11-13-10-17(23)22(21-13)18-19-15-4-2-3-5-16(15)20-18;22-18-11-14(12-23-15-7-2-1-3-8-15)20-21(18)17-10-13-6-4-5-9-16(13)19-17;1-9-7-22-15(16-9)23-8-10-6-13(21)20(19-10)14-17-11-4-2-3-5-12(11)18-14/h2-9,14,26H,10-13,15-16H2,1H3,(H,24,25);1-8,10,22H,9,12H2;2-10,21H,11-12H2,1H3;2-10,21H,11H2,1H3,(H,19,20);1-9,11,20H,10,12H2;2-7,19H,8H2,1H3,(H,17,18). The fourth-order valence-electron chi connectivity index (χ4n) is 16.8. The molecule has 32 nitrogen and oxygen atoms in total. The Morgan fingerprint density at radius 2 is 0.767 bits per heavy atom. The highest BCUT2D eigenvalue weighted by Gasteiger charge is 2.25. The minimum atomic E-state index is -0.130. The topological polar surface area (TPSA) is 402 Å². The summed E-state index contributed by atoms with van der Waals surface area (Å²) in [7, 11) is 2.18. The minimum absolute atomic E-state index is 0.00906. The Morgan fingerprint density at radius 3 is 1.23 bits per heavy atom. The molecule has 11 aromatic carbocycles. The molecule has 4 aliphatic heterocycles. The van der Waals surface area contributed by atoms with Crippen LogP contribution < -0.4 is 38.1 Å². The van der Waals surface area contributed by atoms with Gasteiger partial charge in [-0.15, -0.1) is 58.4 Å². The lowest BCUT2D eigenvalue weighted by Crippen LogP contribution is -2.43. The first-order valence-corrected chi connectivity index (χ1v) is 54.1. The van der Waals surface area contributed by atoms with Crippen molar-refractivity contribution in [3.8, 4) is 29.7 Å². The normalized spacial score (nSPS) is 12.9. The Bertz CT molecular complexity index is 8790. The molecular weight excluding hydrogens is 2000 g/mol. The van der Waals surface area contributed by atoms with Crippen LogP contribution in [0, 0.1) is 32.1 Å². The van der Waals surface area contributed by atoms with Crippen molar-refractivity contribution < 1.29 is 4.74 Å². The average Bonchev–Trinajstić information content (AvgIpc) is 1.65. The number of ether oxygens (including phenoxy) is 1. The number of thioether (sulfide) groups is 5. The van der Waals surface area contributed by atoms with Gasteiger partial charge in [-0.3, -0.25) is 64.3 Å². The second kappa shape index (κ2) is 47.1. The van der Waals surface area contributed by atoms with Crippen molar-refractivity contribution in [3.05, 3.63) is 456 Å². The van der Waals surface area contributed by atoms with Crippen LogP contribution in [0.1, 0.15) is 78.8 Å². The molecule has 0 bridgehead atoms. The summed E-state index contributed by atoms with van der Waals surface area (Å²) < 4.78 is 15.6. The number of hydrogen-bond donors (Lipinski definition) is 9. The number of piperazine rings is 1. The molecule has 150 heavy (non-hydrogen) atoms. The van der Waals surface area contributed by atoms with Crippen LogP contribution in [0.3, 0.4) is 0 Å². The van der Waals surface area contributed by atoms with Crippen LogP contribution in [-0.2, 0) is 61.2 Å². The molecule has 752 valence electrons. The molecule has 0 spiro atoms. The van der Waals surface area contributed by atoms with Gasteiger partial charge in [-0.1, -0.05) is 175 Å². The summed E-state index contributed by atoms with van der Waals surface area (Å²) in [6.45, 7) is 11.8. The molecule has 25 rings (SSSR count). The van der Waals surface area contributed by atoms with Crippen molar-refractivity contribution in [2.75, 3.05) is 33.2 Å². The van der Waals surface area contributed by atoms with E-state index in [0.717, 1.165) is 172 Å². The van der Waals surface area contributed by atoms with Gasteiger partial charge in [-0.05, 0) is 171 Å². The van der Waals surface area contributed by atoms with E-state index in [9.17, 15) is 28.8 Å². The summed E-state index contributed by atoms with van der Waals surface area (Å²) >= 11 is 9.93. The molecule has 1 fully saturated rings. The van der Waals surface area contributed by atoms with E-state index in [1.54, 1.807) is 111 Å². The van der Waals surface area contributed by atoms with Crippen molar-refractivity contribution in [2.24, 2.45) is 15.0 Å². The number of benzene rings is 11. The zero-order chi connectivity index (χ0) is 103. The van der Waals surface area contributed by atoms with E-state index >= 15 is 0 Å². The molecule has 0 amide bonds. The van der Waals surface area contributed by atoms with Gasteiger partial charge in [0.15, 0.2) is 0 Å². The van der Waals surface area contributed by atoms with Crippen LogP contribution >= 0.6 is 70.1 Å². The smallest absolute Gasteiger partial charge is 0.275 e. The summed E-state index contributed by atoms with van der Waals surface area (Å²) in [6, 6.07) is 101. The largest absolute Gasteiger partial charge is 0.487 e. The number of para-hydroxylation sites is 10. The van der Waals surface area contributed by atoms with Gasteiger partial charge in [-0.2, -0.15) is 19.3 Å². The van der Waals surface area contributed by atoms with Crippen LogP contribution in [0.4, 0.5) is 17.1 Å². The van der Waals surface area contributed by atoms with Crippen LogP contribution in [0.5, 0.6) is 5.75 Å². The van der Waals surface area contributed by atoms with Crippen molar-refractivity contribution >= 4 is 138 Å². The highest BCUT2D eigenvalue weighted by molar-refractivity contribution is 8.00. The lowest BCUT2D eigenvalue weighted by atomic mass is 10.1. The molecule has 4 aliphatic rings. The van der Waals surface area contributed by atoms with Crippen molar-refractivity contribution in [3.63, 3.8) is 0 Å². The van der Waals surface area contributed by atoms with Gasteiger partial charge in [0.1, 0.15) is 34.2 Å². The summed E-state index contributed by atoms with van der Waals surface area (Å²) in [4.78, 5) is 124. The zero-order valence-electron chi connectivity index (χ0n) is 81.9. The molecule has 14 heterocycles. The number of likely N-dealkylation sites (N-methyl/N-ethyl adjacent to an activating group) is 1. The molecule has 10 aromatic heterocycles. The molecule has 0 atom stereocenters. The number of H-pyrrole nitrogens is 9. The number of aliphatic imine (C=N–C) groups is 3. The summed E-state index contributed by atoms with van der Waals surface area (Å²) in [6.07, 6.45) is 1.98. The fraction of sp³-hybridized carbons (Fsp3) is 0.161. The number of thiazole rings is 1. The van der Waals surface area contributed by atoms with Gasteiger partial charge in [0.05, 0.1) is 73.2 Å². The van der Waals surface area contributed by atoms with E-state index in [-0.39, 0.29) is 33.4 Å². The van der Waals surface area contributed by atoms with Crippen LogP contribution in [0.15, 0.2) is 382 Å². The van der Waals surface area contributed by atoms with E-state index in [1.807, 2.05) is 225 Å². The molecule has 0 aliphatic carbocycles. The third-order valence-corrected chi connectivity index (χ3v) is 31.1. The van der Waals surface area contributed by atoms with Crippen molar-refractivity contribution in [1.29, 1.82) is 5.26 Å². The molecule has 38 heteroatoms. The molecule has 9 N–H and O–H groups in total. The van der Waals surface area contributed by atoms with Gasteiger partial charge in [0.25, 0.3) is 33.4 Å². The highest BCUT2D eigenvalue weighted by atomic mass is 32.2. The molecular formula is C112H101N25O7S6. The van der Waals surface area contributed by atoms with E-state index in [4.69, 9.17) is 10.00 Å².